The summed E-state index contributed by atoms with van der Waals surface area (Å²) >= 11 is 1.31. The minimum absolute atomic E-state index is 0.370. The van der Waals surface area contributed by atoms with Gasteiger partial charge in [0.15, 0.2) is 0 Å². The highest BCUT2D eigenvalue weighted by Crippen LogP contribution is 2.30. The van der Waals surface area contributed by atoms with Gasteiger partial charge in [-0.1, -0.05) is 48.5 Å². The Morgan fingerprint density at radius 1 is 0.833 bits per heavy atom. The van der Waals surface area contributed by atoms with E-state index in [2.05, 4.69) is 4.72 Å². The van der Waals surface area contributed by atoms with Crippen molar-refractivity contribution in [3.8, 4) is 16.9 Å². The first-order valence-corrected chi connectivity index (χ1v) is 8.22. The summed E-state index contributed by atoms with van der Waals surface area (Å²) in [5, 5.41) is 0.709. The van der Waals surface area contributed by atoms with Crippen molar-refractivity contribution in [2.75, 3.05) is 7.05 Å². The van der Waals surface area contributed by atoms with Crippen LogP contribution in [-0.4, -0.2) is 20.6 Å². The van der Waals surface area contributed by atoms with Crippen LogP contribution < -0.4 is 16.1 Å². The highest BCUT2D eigenvalue weighted by molar-refractivity contribution is 7.97. The van der Waals surface area contributed by atoms with Gasteiger partial charge in [0.1, 0.15) is 10.7 Å². The number of fused-ring (bicyclic) bond motifs is 1. The smallest absolute Gasteiger partial charge is 0.262 e. The number of rotatable bonds is 4. The molecule has 4 rings (SSSR count). The number of aromatic nitrogens is 3. The molecule has 0 radical (unpaired) electrons. The molecule has 2 aromatic heterocycles. The molecule has 2 aromatic carbocycles. The molecule has 1 N–H and O–H groups in total. The lowest BCUT2D eigenvalue weighted by molar-refractivity contribution is 0.642. The summed E-state index contributed by atoms with van der Waals surface area (Å²) in [5.41, 5.74) is 1.44. The quantitative estimate of drug-likeness (QED) is 0.577. The summed E-state index contributed by atoms with van der Waals surface area (Å²) < 4.78 is 6.99. The second-order valence-corrected chi connectivity index (χ2v) is 6.18. The zero-order valence-electron chi connectivity index (χ0n) is 12.8. The molecule has 0 spiro atoms. The topological polar surface area (TPSA) is 59.9 Å². The Bertz CT molecular complexity index is 1100. The van der Waals surface area contributed by atoms with Crippen LogP contribution in [-0.2, 0) is 0 Å². The van der Waals surface area contributed by atoms with E-state index in [0.717, 1.165) is 11.3 Å². The molecule has 7 heteroatoms. The third-order valence-corrected chi connectivity index (χ3v) is 4.58. The molecule has 0 saturated heterocycles. The Kier molecular flexibility index (Phi) is 3.51. The van der Waals surface area contributed by atoms with Gasteiger partial charge >= 0.3 is 11.4 Å². The van der Waals surface area contributed by atoms with Gasteiger partial charge in [-0.2, -0.15) is 9.03 Å². The molecule has 4 aromatic rings. The molecule has 0 bridgehead atoms. The molecule has 0 aliphatic rings. The predicted molar refractivity (Wildman–Crippen MR) is 94.3 cm³/mol. The van der Waals surface area contributed by atoms with E-state index in [-0.39, 0.29) is 11.4 Å². The van der Waals surface area contributed by atoms with Gasteiger partial charge in [-0.05, 0) is 31.1 Å². The first-order chi connectivity index (χ1) is 11.7. The Hall–Kier alpha value is -2.77. The van der Waals surface area contributed by atoms with Crippen molar-refractivity contribution in [2.45, 2.75) is 5.03 Å². The molecule has 24 heavy (non-hydrogen) atoms. The second kappa shape index (κ2) is 5.70. The van der Waals surface area contributed by atoms with Crippen molar-refractivity contribution in [2.24, 2.45) is 0 Å². The number of nitrogens with one attached hydrogen (secondary N) is 1. The third kappa shape index (κ3) is 2.02. The minimum atomic E-state index is -0.372. The molecule has 0 aliphatic carbocycles. The summed E-state index contributed by atoms with van der Waals surface area (Å²) in [6, 6.07) is 18.5. The molecule has 0 saturated carbocycles. The Balaban J connectivity index is 2.04. The average molecular weight is 338 g/mol. The monoisotopic (exact) mass is 338 g/mol. The normalized spacial score (nSPS) is 11.4. The van der Waals surface area contributed by atoms with Crippen molar-refractivity contribution < 1.29 is 0 Å². The van der Waals surface area contributed by atoms with E-state index in [4.69, 9.17) is 0 Å². The maximum atomic E-state index is 12.8. The Labute approximate surface area is 141 Å². The molecule has 0 unspecified atom stereocenters. The van der Waals surface area contributed by atoms with E-state index in [0.29, 0.717) is 10.7 Å². The predicted octanol–water partition coefficient (Wildman–Crippen LogP) is 1.88. The summed E-state index contributed by atoms with van der Waals surface area (Å²) in [7, 11) is 1.78. The number of nitrogens with zero attached hydrogens (tertiary/aromatic N) is 3. The van der Waals surface area contributed by atoms with Gasteiger partial charge in [-0.25, -0.2) is 14.2 Å². The zero-order chi connectivity index (χ0) is 16.7. The number of benzene rings is 2. The fourth-order valence-electron chi connectivity index (χ4n) is 2.79. The maximum absolute atomic E-state index is 12.8. The summed E-state index contributed by atoms with van der Waals surface area (Å²) in [5.74, 6) is 0. The van der Waals surface area contributed by atoms with Gasteiger partial charge in [-0.3, -0.25) is 4.72 Å². The molecule has 2 heterocycles. The van der Waals surface area contributed by atoms with E-state index < -0.39 is 0 Å². The van der Waals surface area contributed by atoms with Crippen molar-refractivity contribution in [1.29, 1.82) is 0 Å². The Morgan fingerprint density at radius 2 is 1.42 bits per heavy atom. The van der Waals surface area contributed by atoms with Crippen molar-refractivity contribution in [3.63, 3.8) is 0 Å². The number of para-hydroxylation sites is 1. The summed E-state index contributed by atoms with van der Waals surface area (Å²) in [6.45, 7) is 0. The van der Waals surface area contributed by atoms with Crippen LogP contribution in [0, 0.1) is 0 Å². The summed E-state index contributed by atoms with van der Waals surface area (Å²) in [6.07, 6.45) is 0. The lowest BCUT2D eigenvalue weighted by Gasteiger charge is -2.17. The highest BCUT2D eigenvalue weighted by Gasteiger charge is 2.27. The van der Waals surface area contributed by atoms with E-state index in [1.807, 2.05) is 36.4 Å². The van der Waals surface area contributed by atoms with Gasteiger partial charge < -0.3 is 0 Å². The molecular formula is C17H14N4O2S. The average Bonchev–Trinajstić information content (AvgIpc) is 2.81. The lowest BCUT2D eigenvalue weighted by atomic mass is 10.1. The van der Waals surface area contributed by atoms with E-state index >= 15 is 0 Å². The molecule has 0 aliphatic heterocycles. The second-order valence-electron chi connectivity index (χ2n) is 5.19. The first-order valence-electron chi connectivity index (χ1n) is 7.40. The molecule has 6 nitrogen and oxygen atoms in total. The standard InChI is InChI=1S/C17H14N4O2S/c1-18-24-15-14(12-8-4-2-5-9-12)20-16(22)19(17(23)21(15)20)13-10-6-3-7-11-13/h2-11,18H,1H3. The lowest BCUT2D eigenvalue weighted by Crippen LogP contribution is -2.26. The van der Waals surface area contributed by atoms with Gasteiger partial charge in [-0.15, -0.1) is 0 Å². The van der Waals surface area contributed by atoms with Crippen molar-refractivity contribution in [1.82, 2.24) is 18.3 Å². The largest absolute Gasteiger partial charge is 0.357 e. The van der Waals surface area contributed by atoms with Crippen LogP contribution in [0.1, 0.15) is 0 Å². The third-order valence-electron chi connectivity index (χ3n) is 3.81. The van der Waals surface area contributed by atoms with Crippen LogP contribution in [0.25, 0.3) is 16.9 Å². The SMILES string of the molecule is CNSc1c(-c2ccccc2)n2c(=O)n(-c3ccccc3)c(=O)n12. The minimum Gasteiger partial charge on any atom is -0.262 e. The summed E-state index contributed by atoms with van der Waals surface area (Å²) in [4.78, 5) is 25.6. The molecule has 0 amide bonds. The fraction of sp³-hybridized carbons (Fsp3) is 0.0588. The molecular weight excluding hydrogens is 324 g/mol. The van der Waals surface area contributed by atoms with Crippen LogP contribution >= 0.6 is 11.9 Å². The fourth-order valence-corrected chi connectivity index (χ4v) is 3.53. The van der Waals surface area contributed by atoms with Crippen LogP contribution in [0.15, 0.2) is 75.3 Å². The number of hydrogen-bond acceptors (Lipinski definition) is 4. The van der Waals surface area contributed by atoms with E-state index in [1.54, 1.807) is 31.3 Å². The van der Waals surface area contributed by atoms with Crippen molar-refractivity contribution in [3.05, 3.63) is 81.6 Å². The van der Waals surface area contributed by atoms with Gasteiger partial charge in [0.25, 0.3) is 0 Å². The van der Waals surface area contributed by atoms with E-state index in [9.17, 15) is 9.59 Å². The first kappa shape index (κ1) is 14.8. The van der Waals surface area contributed by atoms with E-state index in [1.165, 1.54) is 25.5 Å². The van der Waals surface area contributed by atoms with Crippen molar-refractivity contribution >= 4 is 11.9 Å². The molecule has 120 valence electrons. The number of hydrogen-bond donors (Lipinski definition) is 1. The van der Waals surface area contributed by atoms with Crippen LogP contribution in [0.4, 0.5) is 0 Å². The maximum Gasteiger partial charge on any atom is 0.357 e. The van der Waals surface area contributed by atoms with Gasteiger partial charge in [0, 0.05) is 5.56 Å². The van der Waals surface area contributed by atoms with Gasteiger partial charge in [0.05, 0.1) is 5.69 Å². The highest BCUT2D eigenvalue weighted by atomic mass is 32.2. The molecule has 0 fully saturated rings. The zero-order valence-corrected chi connectivity index (χ0v) is 13.7. The van der Waals surface area contributed by atoms with Crippen LogP contribution in [0.2, 0.25) is 0 Å². The van der Waals surface area contributed by atoms with Crippen LogP contribution in [0.5, 0.6) is 0 Å². The van der Waals surface area contributed by atoms with Gasteiger partial charge in [0.2, 0.25) is 0 Å². The van der Waals surface area contributed by atoms with Crippen LogP contribution in [0.3, 0.4) is 0 Å². The molecule has 0 atom stereocenters. The Morgan fingerprint density at radius 3 is 2.04 bits per heavy atom.